The first-order chi connectivity index (χ1) is 11.4. The second-order valence-electron chi connectivity index (χ2n) is 5.77. The zero-order valence-electron chi connectivity index (χ0n) is 13.4. The van der Waals surface area contributed by atoms with Crippen LogP contribution in [0, 0.1) is 0 Å². The van der Waals surface area contributed by atoms with Gasteiger partial charge in [-0.15, -0.1) is 0 Å². The molecule has 0 aliphatic heterocycles. The largest absolute Gasteiger partial charge is 0.457 e. The summed E-state index contributed by atoms with van der Waals surface area (Å²) in [5.41, 5.74) is 1.12. The molecule has 2 aromatic rings. The number of carbonyl (C=O) groups excluding carboxylic acids is 2. The van der Waals surface area contributed by atoms with E-state index in [4.69, 9.17) is 21.1 Å². The molecule has 0 radical (unpaired) electrons. The molecular formula is C19H17ClO4. The fourth-order valence-corrected chi connectivity index (χ4v) is 3.66. The van der Waals surface area contributed by atoms with Gasteiger partial charge >= 0.3 is 11.9 Å². The van der Waals surface area contributed by atoms with Gasteiger partial charge in [0.05, 0.1) is 0 Å². The van der Waals surface area contributed by atoms with Crippen molar-refractivity contribution in [3.8, 4) is 0 Å². The highest BCUT2D eigenvalue weighted by atomic mass is 35.5. The topological polar surface area (TPSA) is 52.6 Å². The molecule has 2 aromatic carbocycles. The van der Waals surface area contributed by atoms with Crippen LogP contribution in [0.1, 0.15) is 30.5 Å². The second-order valence-corrected chi connectivity index (χ2v) is 6.18. The van der Waals surface area contributed by atoms with E-state index in [1.807, 2.05) is 30.3 Å². The van der Waals surface area contributed by atoms with Crippen molar-refractivity contribution in [3.05, 3.63) is 70.2 Å². The fourth-order valence-electron chi connectivity index (χ4n) is 3.39. The molecule has 0 saturated heterocycles. The van der Waals surface area contributed by atoms with Crippen molar-refractivity contribution in [2.45, 2.75) is 32.0 Å². The first-order valence-corrected chi connectivity index (χ1v) is 8.03. The number of ether oxygens (including phenoxy) is 2. The van der Waals surface area contributed by atoms with Crippen molar-refractivity contribution >= 4 is 23.5 Å². The van der Waals surface area contributed by atoms with Crippen molar-refractivity contribution in [1.82, 2.24) is 0 Å². The van der Waals surface area contributed by atoms with Gasteiger partial charge < -0.3 is 9.47 Å². The van der Waals surface area contributed by atoms with Crippen molar-refractivity contribution in [3.63, 3.8) is 0 Å². The Balaban J connectivity index is 2.28. The standard InChI is InChI=1S/C19H17ClO4/c1-12(21)23-18-11-14-7-3-4-8-15(14)19(18,24-13(2)22)16-9-5-6-10-17(16)20/h3-10,18H,11H2,1-2H3/t18-,19+/m1/s1. The summed E-state index contributed by atoms with van der Waals surface area (Å²) in [6, 6.07) is 14.7. The summed E-state index contributed by atoms with van der Waals surface area (Å²) in [6.07, 6.45) is -0.218. The number of halogens is 1. The summed E-state index contributed by atoms with van der Waals surface area (Å²) >= 11 is 6.41. The predicted molar refractivity (Wildman–Crippen MR) is 89.7 cm³/mol. The maximum Gasteiger partial charge on any atom is 0.304 e. The Morgan fingerprint density at radius 3 is 2.25 bits per heavy atom. The number of carbonyl (C=O) groups is 2. The van der Waals surface area contributed by atoms with E-state index in [9.17, 15) is 9.59 Å². The first kappa shape index (κ1) is 16.5. The van der Waals surface area contributed by atoms with Gasteiger partial charge in [-0.2, -0.15) is 0 Å². The predicted octanol–water partition coefficient (Wildman–Crippen LogP) is 3.63. The Hall–Kier alpha value is -2.33. The Labute approximate surface area is 145 Å². The number of esters is 2. The summed E-state index contributed by atoms with van der Waals surface area (Å²) in [7, 11) is 0. The highest BCUT2D eigenvalue weighted by Crippen LogP contribution is 2.48. The lowest BCUT2D eigenvalue weighted by atomic mass is 9.85. The number of hydrogen-bond acceptors (Lipinski definition) is 4. The van der Waals surface area contributed by atoms with E-state index in [0.29, 0.717) is 17.0 Å². The molecule has 1 aliphatic carbocycles. The molecule has 5 heteroatoms. The van der Waals surface area contributed by atoms with Crippen molar-refractivity contribution in [2.24, 2.45) is 0 Å². The molecule has 1 aliphatic rings. The Morgan fingerprint density at radius 1 is 1.00 bits per heavy atom. The third-order valence-electron chi connectivity index (χ3n) is 4.16. The summed E-state index contributed by atoms with van der Waals surface area (Å²) < 4.78 is 11.4. The van der Waals surface area contributed by atoms with E-state index in [-0.39, 0.29) is 0 Å². The van der Waals surface area contributed by atoms with Gasteiger partial charge in [-0.3, -0.25) is 9.59 Å². The van der Waals surface area contributed by atoms with Gasteiger partial charge in [0.2, 0.25) is 5.60 Å². The minimum absolute atomic E-state index is 0.434. The average molecular weight is 345 g/mol. The van der Waals surface area contributed by atoms with Crippen LogP contribution in [0.25, 0.3) is 0 Å². The molecule has 3 rings (SSSR count). The van der Waals surface area contributed by atoms with Gasteiger partial charge in [-0.05, 0) is 11.6 Å². The Kier molecular flexibility index (Phi) is 4.33. The van der Waals surface area contributed by atoms with Crippen molar-refractivity contribution in [2.75, 3.05) is 0 Å². The zero-order valence-corrected chi connectivity index (χ0v) is 14.2. The number of benzene rings is 2. The summed E-state index contributed by atoms with van der Waals surface area (Å²) in [4.78, 5) is 23.6. The lowest BCUT2D eigenvalue weighted by Crippen LogP contribution is -2.44. The van der Waals surface area contributed by atoms with Crippen LogP contribution in [0.5, 0.6) is 0 Å². The van der Waals surface area contributed by atoms with E-state index in [2.05, 4.69) is 0 Å². The van der Waals surface area contributed by atoms with Crippen LogP contribution < -0.4 is 0 Å². The van der Waals surface area contributed by atoms with Gasteiger partial charge in [0.25, 0.3) is 0 Å². The van der Waals surface area contributed by atoms with Crippen LogP contribution in [0.4, 0.5) is 0 Å². The van der Waals surface area contributed by atoms with Gasteiger partial charge in [-0.25, -0.2) is 0 Å². The third kappa shape index (κ3) is 2.67. The molecule has 0 saturated carbocycles. The summed E-state index contributed by atoms with van der Waals surface area (Å²) in [5, 5.41) is 0.451. The molecule has 0 spiro atoms. The zero-order chi connectivity index (χ0) is 17.3. The number of rotatable bonds is 3. The van der Waals surface area contributed by atoms with Crippen LogP contribution in [0.15, 0.2) is 48.5 Å². The molecule has 2 atom stereocenters. The lowest BCUT2D eigenvalue weighted by Gasteiger charge is -2.36. The Bertz CT molecular complexity index is 801. The SMILES string of the molecule is CC(=O)O[C@@H]1Cc2ccccc2[C@]1(OC(C)=O)c1ccccc1Cl. The molecule has 0 unspecified atom stereocenters. The molecule has 0 bridgehead atoms. The van der Waals surface area contributed by atoms with Crippen LogP contribution in [-0.2, 0) is 31.1 Å². The average Bonchev–Trinajstić information content (AvgIpc) is 2.81. The quantitative estimate of drug-likeness (QED) is 0.798. The van der Waals surface area contributed by atoms with E-state index in [1.54, 1.807) is 18.2 Å². The molecule has 0 fully saturated rings. The minimum atomic E-state index is -1.24. The summed E-state index contributed by atoms with van der Waals surface area (Å²) in [5.74, 6) is -0.903. The maximum atomic E-state index is 11.9. The van der Waals surface area contributed by atoms with Crippen molar-refractivity contribution in [1.29, 1.82) is 0 Å². The number of fused-ring (bicyclic) bond motifs is 1. The van der Waals surface area contributed by atoms with Crippen molar-refractivity contribution < 1.29 is 19.1 Å². The van der Waals surface area contributed by atoms with Crippen LogP contribution >= 0.6 is 11.6 Å². The van der Waals surface area contributed by atoms with Crippen LogP contribution in [0.2, 0.25) is 5.02 Å². The highest BCUT2D eigenvalue weighted by molar-refractivity contribution is 6.31. The highest BCUT2D eigenvalue weighted by Gasteiger charge is 2.54. The monoisotopic (exact) mass is 344 g/mol. The normalized spacial score (nSPS) is 21.9. The molecule has 0 N–H and O–H groups in total. The van der Waals surface area contributed by atoms with E-state index in [0.717, 1.165) is 11.1 Å². The minimum Gasteiger partial charge on any atom is -0.457 e. The van der Waals surface area contributed by atoms with Gasteiger partial charge in [0, 0.05) is 36.4 Å². The van der Waals surface area contributed by atoms with Gasteiger partial charge in [0.15, 0.2) is 6.10 Å². The maximum absolute atomic E-state index is 11.9. The molecule has 0 amide bonds. The third-order valence-corrected chi connectivity index (χ3v) is 4.49. The van der Waals surface area contributed by atoms with E-state index < -0.39 is 23.6 Å². The van der Waals surface area contributed by atoms with Gasteiger partial charge in [0.1, 0.15) is 0 Å². The number of hydrogen-bond donors (Lipinski definition) is 0. The molecule has 0 heterocycles. The molecule has 0 aromatic heterocycles. The Morgan fingerprint density at radius 2 is 1.62 bits per heavy atom. The van der Waals surface area contributed by atoms with Gasteiger partial charge in [-0.1, -0.05) is 54.1 Å². The smallest absolute Gasteiger partial charge is 0.304 e. The first-order valence-electron chi connectivity index (χ1n) is 7.65. The lowest BCUT2D eigenvalue weighted by molar-refractivity contribution is -0.176. The van der Waals surface area contributed by atoms with Crippen LogP contribution in [0.3, 0.4) is 0 Å². The van der Waals surface area contributed by atoms with E-state index >= 15 is 0 Å². The molecular weight excluding hydrogens is 328 g/mol. The second kappa shape index (κ2) is 6.29. The fraction of sp³-hybridized carbons (Fsp3) is 0.263. The van der Waals surface area contributed by atoms with E-state index in [1.165, 1.54) is 13.8 Å². The molecule has 24 heavy (non-hydrogen) atoms. The van der Waals surface area contributed by atoms with Crippen LogP contribution in [-0.4, -0.2) is 18.0 Å². The molecule has 4 nitrogen and oxygen atoms in total. The molecule has 124 valence electrons. The summed E-state index contributed by atoms with van der Waals surface area (Å²) in [6.45, 7) is 2.68.